The molecule has 0 radical (unpaired) electrons. The van der Waals surface area contributed by atoms with Crippen molar-refractivity contribution in [3.8, 4) is 11.3 Å². The number of fused-ring (bicyclic) bond motifs is 2. The molecule has 0 atom stereocenters. The van der Waals surface area contributed by atoms with Crippen molar-refractivity contribution in [1.29, 1.82) is 0 Å². The highest BCUT2D eigenvalue weighted by Crippen LogP contribution is 2.27. The number of nitrogens with zero attached hydrogens (tertiary/aromatic N) is 5. The summed E-state index contributed by atoms with van der Waals surface area (Å²) in [6.45, 7) is 0.549. The van der Waals surface area contributed by atoms with E-state index in [1.54, 1.807) is 12.4 Å². The number of nitrogens with one attached hydrogen (secondary N) is 1. The highest BCUT2D eigenvalue weighted by atomic mass is 15.3. The summed E-state index contributed by atoms with van der Waals surface area (Å²) in [5.74, 6) is 0.588. The second-order valence-corrected chi connectivity index (χ2v) is 6.17. The van der Waals surface area contributed by atoms with Crippen LogP contribution in [0.25, 0.3) is 27.8 Å². The molecule has 2 aromatic carbocycles. The van der Waals surface area contributed by atoms with Crippen molar-refractivity contribution >= 4 is 22.5 Å². The molecule has 0 saturated carbocycles. The molecule has 130 valence electrons. The van der Waals surface area contributed by atoms with E-state index < -0.39 is 0 Å². The predicted molar refractivity (Wildman–Crippen MR) is 105 cm³/mol. The minimum atomic E-state index is 0.549. The highest BCUT2D eigenvalue weighted by Gasteiger charge is 2.10. The molecule has 6 heteroatoms. The van der Waals surface area contributed by atoms with Gasteiger partial charge in [0.1, 0.15) is 0 Å². The molecular formula is C21H16N6. The molecule has 0 spiro atoms. The monoisotopic (exact) mass is 352 g/mol. The molecule has 3 aromatic heterocycles. The molecule has 3 heterocycles. The summed E-state index contributed by atoms with van der Waals surface area (Å²) >= 11 is 0. The van der Waals surface area contributed by atoms with Gasteiger partial charge in [-0.3, -0.25) is 0 Å². The first-order valence-electron chi connectivity index (χ1n) is 8.72. The minimum absolute atomic E-state index is 0.549. The van der Waals surface area contributed by atoms with Gasteiger partial charge in [-0.05, 0) is 12.1 Å². The van der Waals surface area contributed by atoms with Gasteiger partial charge in [0, 0.05) is 23.2 Å². The van der Waals surface area contributed by atoms with Crippen LogP contribution in [0.2, 0.25) is 0 Å². The Morgan fingerprint density at radius 1 is 0.815 bits per heavy atom. The second-order valence-electron chi connectivity index (χ2n) is 6.17. The van der Waals surface area contributed by atoms with E-state index in [0.717, 1.165) is 33.5 Å². The minimum Gasteiger partial charge on any atom is -0.349 e. The van der Waals surface area contributed by atoms with Gasteiger partial charge in [0.25, 0.3) is 0 Å². The van der Waals surface area contributed by atoms with Gasteiger partial charge in [0.15, 0.2) is 5.65 Å². The molecule has 5 rings (SSSR count). The van der Waals surface area contributed by atoms with E-state index in [4.69, 9.17) is 4.98 Å². The maximum Gasteiger partial charge on any atom is 0.224 e. The third kappa shape index (κ3) is 2.87. The number of para-hydroxylation sites is 1. The summed E-state index contributed by atoms with van der Waals surface area (Å²) in [5.41, 5.74) is 4.70. The van der Waals surface area contributed by atoms with Crippen LogP contribution in [0.1, 0.15) is 5.69 Å². The number of benzene rings is 2. The van der Waals surface area contributed by atoms with Crippen molar-refractivity contribution in [2.75, 3.05) is 5.32 Å². The number of anilines is 1. The molecule has 0 fully saturated rings. The van der Waals surface area contributed by atoms with E-state index in [1.807, 2.05) is 53.0 Å². The van der Waals surface area contributed by atoms with Crippen LogP contribution in [-0.4, -0.2) is 24.6 Å². The molecule has 0 amide bonds. The zero-order valence-electron chi connectivity index (χ0n) is 14.4. The maximum absolute atomic E-state index is 4.79. The summed E-state index contributed by atoms with van der Waals surface area (Å²) in [6, 6.07) is 22.0. The van der Waals surface area contributed by atoms with Crippen molar-refractivity contribution in [2.24, 2.45) is 0 Å². The standard InChI is InChI=1S/C21H16N6/c1-2-6-15(7-3-1)20-17-8-4-5-9-18(17)25-21(26-20)23-14-16-10-12-22-19-11-13-24-27(16)19/h1-13H,14H2,(H,23,25,26). The second kappa shape index (κ2) is 6.49. The molecule has 6 nitrogen and oxygen atoms in total. The zero-order valence-corrected chi connectivity index (χ0v) is 14.4. The van der Waals surface area contributed by atoms with Crippen LogP contribution >= 0.6 is 0 Å². The SMILES string of the molecule is c1ccc(-c2nc(NCc3ccnc4ccnn34)nc3ccccc23)cc1. The first-order valence-corrected chi connectivity index (χ1v) is 8.72. The maximum atomic E-state index is 4.79. The molecule has 0 bridgehead atoms. The smallest absolute Gasteiger partial charge is 0.224 e. The van der Waals surface area contributed by atoms with Gasteiger partial charge in [-0.2, -0.15) is 5.10 Å². The van der Waals surface area contributed by atoms with E-state index in [1.165, 1.54) is 0 Å². The van der Waals surface area contributed by atoms with Crippen LogP contribution in [0, 0.1) is 0 Å². The zero-order chi connectivity index (χ0) is 18.1. The summed E-state index contributed by atoms with van der Waals surface area (Å²) in [7, 11) is 0. The van der Waals surface area contributed by atoms with Crippen LogP contribution in [0.5, 0.6) is 0 Å². The van der Waals surface area contributed by atoms with E-state index >= 15 is 0 Å². The fourth-order valence-electron chi connectivity index (χ4n) is 3.16. The molecular weight excluding hydrogens is 336 g/mol. The Labute approximate surface area is 155 Å². The number of aromatic nitrogens is 5. The van der Waals surface area contributed by atoms with Crippen molar-refractivity contribution in [3.05, 3.63) is 84.8 Å². The Balaban J connectivity index is 1.55. The average molecular weight is 352 g/mol. The van der Waals surface area contributed by atoms with Crippen molar-refractivity contribution in [1.82, 2.24) is 24.6 Å². The molecule has 1 N–H and O–H groups in total. The fraction of sp³-hybridized carbons (Fsp3) is 0.0476. The average Bonchev–Trinajstić information content (AvgIpc) is 3.22. The predicted octanol–water partition coefficient (Wildman–Crippen LogP) is 3.95. The van der Waals surface area contributed by atoms with E-state index in [0.29, 0.717) is 12.5 Å². The highest BCUT2D eigenvalue weighted by molar-refractivity contribution is 5.93. The lowest BCUT2D eigenvalue weighted by Crippen LogP contribution is -2.09. The molecule has 0 aliphatic carbocycles. The van der Waals surface area contributed by atoms with Gasteiger partial charge in [0.2, 0.25) is 5.95 Å². The number of hydrogen-bond donors (Lipinski definition) is 1. The van der Waals surface area contributed by atoms with Gasteiger partial charge in [-0.15, -0.1) is 0 Å². The normalized spacial score (nSPS) is 11.1. The number of hydrogen-bond acceptors (Lipinski definition) is 5. The topological polar surface area (TPSA) is 68.0 Å². The Morgan fingerprint density at radius 3 is 2.59 bits per heavy atom. The van der Waals surface area contributed by atoms with Crippen LogP contribution in [0.3, 0.4) is 0 Å². The summed E-state index contributed by atoms with van der Waals surface area (Å²) in [6.07, 6.45) is 3.52. The lowest BCUT2D eigenvalue weighted by molar-refractivity contribution is 0.849. The first kappa shape index (κ1) is 15.5. The first-order chi connectivity index (χ1) is 13.4. The Kier molecular flexibility index (Phi) is 3.72. The molecule has 5 aromatic rings. The van der Waals surface area contributed by atoms with Crippen LogP contribution < -0.4 is 5.32 Å². The fourth-order valence-corrected chi connectivity index (χ4v) is 3.16. The third-order valence-electron chi connectivity index (χ3n) is 4.45. The van der Waals surface area contributed by atoms with E-state index in [2.05, 4.69) is 38.6 Å². The van der Waals surface area contributed by atoms with Gasteiger partial charge in [-0.1, -0.05) is 48.5 Å². The van der Waals surface area contributed by atoms with Crippen molar-refractivity contribution in [2.45, 2.75) is 6.54 Å². The lowest BCUT2D eigenvalue weighted by Gasteiger charge is -2.11. The summed E-state index contributed by atoms with van der Waals surface area (Å²) in [4.78, 5) is 13.8. The van der Waals surface area contributed by atoms with E-state index in [-0.39, 0.29) is 0 Å². The molecule has 27 heavy (non-hydrogen) atoms. The molecule has 0 aliphatic heterocycles. The van der Waals surface area contributed by atoms with Gasteiger partial charge < -0.3 is 5.32 Å². The van der Waals surface area contributed by atoms with E-state index in [9.17, 15) is 0 Å². The van der Waals surface area contributed by atoms with Crippen LogP contribution in [0.15, 0.2) is 79.1 Å². The van der Waals surface area contributed by atoms with Crippen LogP contribution in [0.4, 0.5) is 5.95 Å². The molecule has 0 saturated heterocycles. The van der Waals surface area contributed by atoms with Gasteiger partial charge in [0.05, 0.1) is 29.6 Å². The Hall–Kier alpha value is -3.80. The van der Waals surface area contributed by atoms with Gasteiger partial charge in [-0.25, -0.2) is 19.5 Å². The summed E-state index contributed by atoms with van der Waals surface area (Å²) in [5, 5.41) is 8.69. The van der Waals surface area contributed by atoms with Crippen molar-refractivity contribution in [3.63, 3.8) is 0 Å². The Morgan fingerprint density at radius 2 is 1.67 bits per heavy atom. The van der Waals surface area contributed by atoms with Gasteiger partial charge >= 0.3 is 0 Å². The molecule has 0 aliphatic rings. The quantitative estimate of drug-likeness (QED) is 0.530. The summed E-state index contributed by atoms with van der Waals surface area (Å²) < 4.78 is 1.81. The van der Waals surface area contributed by atoms with Crippen molar-refractivity contribution < 1.29 is 0 Å². The van der Waals surface area contributed by atoms with Crippen LogP contribution in [-0.2, 0) is 6.54 Å². The largest absolute Gasteiger partial charge is 0.349 e. The molecule has 0 unspecified atom stereocenters. The lowest BCUT2D eigenvalue weighted by atomic mass is 10.1. The Bertz CT molecular complexity index is 1230. The third-order valence-corrected chi connectivity index (χ3v) is 4.45. The number of rotatable bonds is 4.